The van der Waals surface area contributed by atoms with Crippen molar-refractivity contribution in [3.05, 3.63) is 41.5 Å². The number of hydrogen-bond donors (Lipinski definition) is 0. The minimum atomic E-state index is -0.528. The molecule has 1 aromatic carbocycles. The second-order valence-electron chi connectivity index (χ2n) is 9.68. The summed E-state index contributed by atoms with van der Waals surface area (Å²) in [5.41, 5.74) is 1.96. The van der Waals surface area contributed by atoms with Crippen molar-refractivity contribution in [1.82, 2.24) is 9.80 Å². The molecule has 1 saturated carbocycles. The van der Waals surface area contributed by atoms with Crippen LogP contribution in [0.25, 0.3) is 6.08 Å². The summed E-state index contributed by atoms with van der Waals surface area (Å²) in [4.78, 5) is 28.9. The molecule has 0 aromatic heterocycles. The van der Waals surface area contributed by atoms with Gasteiger partial charge in [0.1, 0.15) is 5.60 Å². The maximum Gasteiger partial charge on any atom is 0.410 e. The van der Waals surface area contributed by atoms with E-state index in [1.54, 1.807) is 0 Å². The van der Waals surface area contributed by atoms with Crippen molar-refractivity contribution in [2.75, 3.05) is 26.7 Å². The topological polar surface area (TPSA) is 59.1 Å². The van der Waals surface area contributed by atoms with E-state index in [0.29, 0.717) is 12.5 Å². The second kappa shape index (κ2) is 9.86. The van der Waals surface area contributed by atoms with Crippen LogP contribution in [0.4, 0.5) is 4.79 Å². The lowest BCUT2D eigenvalue weighted by Crippen LogP contribution is -2.51. The molecule has 1 aliphatic heterocycles. The van der Waals surface area contributed by atoms with E-state index in [2.05, 4.69) is 30.0 Å². The Balaban J connectivity index is 1.69. The van der Waals surface area contributed by atoms with Crippen LogP contribution in [-0.4, -0.2) is 66.3 Å². The van der Waals surface area contributed by atoms with Crippen molar-refractivity contribution >= 4 is 18.1 Å². The highest BCUT2D eigenvalue weighted by molar-refractivity contribution is 5.71. The van der Waals surface area contributed by atoms with Crippen molar-refractivity contribution in [3.8, 4) is 0 Å². The number of methoxy groups -OCH3 is 1. The van der Waals surface area contributed by atoms with Gasteiger partial charge in [0.05, 0.1) is 13.7 Å². The molecule has 1 heterocycles. The van der Waals surface area contributed by atoms with Crippen molar-refractivity contribution in [1.29, 1.82) is 0 Å². The van der Waals surface area contributed by atoms with E-state index in [4.69, 9.17) is 9.47 Å². The van der Waals surface area contributed by atoms with Gasteiger partial charge in [0.25, 0.3) is 0 Å². The summed E-state index contributed by atoms with van der Waals surface area (Å²) in [7, 11) is 1.41. The number of benzene rings is 1. The van der Waals surface area contributed by atoms with Crippen LogP contribution >= 0.6 is 0 Å². The zero-order chi connectivity index (χ0) is 22.6. The lowest BCUT2D eigenvalue weighted by atomic mass is 10.0. The third kappa shape index (κ3) is 6.57. The Hall–Kier alpha value is -2.34. The Morgan fingerprint density at radius 2 is 1.81 bits per heavy atom. The Labute approximate surface area is 186 Å². The molecule has 0 bridgehead atoms. The van der Waals surface area contributed by atoms with E-state index in [0.717, 1.165) is 32.4 Å². The predicted molar refractivity (Wildman–Crippen MR) is 122 cm³/mol. The van der Waals surface area contributed by atoms with Crippen molar-refractivity contribution in [2.24, 2.45) is 5.92 Å². The Morgan fingerprint density at radius 3 is 2.39 bits per heavy atom. The smallest absolute Gasteiger partial charge is 0.410 e. The summed E-state index contributed by atoms with van der Waals surface area (Å²) in [6, 6.07) is 10.6. The molecule has 1 saturated heterocycles. The normalized spacial score (nSPS) is 22.7. The summed E-state index contributed by atoms with van der Waals surface area (Å²) in [5.74, 6) is 0.146. The summed E-state index contributed by atoms with van der Waals surface area (Å²) in [6.45, 7) is 9.74. The van der Waals surface area contributed by atoms with Gasteiger partial charge in [0, 0.05) is 31.1 Å². The van der Waals surface area contributed by atoms with E-state index >= 15 is 0 Å². The molecule has 1 amide bonds. The molecule has 2 atom stereocenters. The van der Waals surface area contributed by atoms with Crippen LogP contribution in [0, 0.1) is 5.92 Å². The fourth-order valence-corrected chi connectivity index (χ4v) is 4.37. The summed E-state index contributed by atoms with van der Waals surface area (Å²) in [6.07, 6.45) is 4.63. The molecule has 6 heteroatoms. The molecule has 3 rings (SSSR count). The van der Waals surface area contributed by atoms with Crippen LogP contribution in [0.1, 0.15) is 52.5 Å². The summed E-state index contributed by atoms with van der Waals surface area (Å²) < 4.78 is 10.6. The number of nitrogens with zero attached hydrogens (tertiary/aromatic N) is 2. The van der Waals surface area contributed by atoms with Crippen LogP contribution in [0.15, 0.2) is 35.9 Å². The first-order chi connectivity index (χ1) is 14.7. The third-order valence-corrected chi connectivity index (χ3v) is 6.03. The highest BCUT2D eigenvalue weighted by Crippen LogP contribution is 2.44. The van der Waals surface area contributed by atoms with Crippen LogP contribution in [-0.2, 0) is 14.3 Å². The van der Waals surface area contributed by atoms with Crippen molar-refractivity contribution in [2.45, 2.75) is 64.6 Å². The number of amides is 1. The number of hydrogen-bond acceptors (Lipinski definition) is 5. The molecule has 6 nitrogen and oxygen atoms in total. The number of rotatable bonds is 6. The van der Waals surface area contributed by atoms with Gasteiger partial charge in [-0.1, -0.05) is 42.0 Å². The van der Waals surface area contributed by atoms with Crippen LogP contribution in [0.3, 0.4) is 0 Å². The van der Waals surface area contributed by atoms with Gasteiger partial charge in [-0.25, -0.2) is 4.79 Å². The van der Waals surface area contributed by atoms with E-state index < -0.39 is 5.60 Å². The van der Waals surface area contributed by atoms with Gasteiger partial charge in [-0.2, -0.15) is 0 Å². The second-order valence-corrected chi connectivity index (χ2v) is 9.68. The van der Waals surface area contributed by atoms with Gasteiger partial charge in [0.2, 0.25) is 0 Å². The van der Waals surface area contributed by atoms with Gasteiger partial charge in [0.15, 0.2) is 0 Å². The molecule has 0 N–H and O–H groups in total. The van der Waals surface area contributed by atoms with Crippen LogP contribution in [0.2, 0.25) is 0 Å². The van der Waals surface area contributed by atoms with Gasteiger partial charge in [-0.05, 0) is 52.5 Å². The zero-order valence-electron chi connectivity index (χ0n) is 19.5. The van der Waals surface area contributed by atoms with E-state index in [1.807, 2.05) is 43.9 Å². The fraction of sp³-hybridized carbons (Fsp3) is 0.600. The average Bonchev–Trinajstić information content (AvgIpc) is 3.49. The fourth-order valence-electron chi connectivity index (χ4n) is 4.37. The summed E-state index contributed by atoms with van der Waals surface area (Å²) >= 11 is 0. The van der Waals surface area contributed by atoms with Gasteiger partial charge < -0.3 is 14.4 Å². The number of carbonyl (C=O) groups is 2. The number of likely N-dealkylation sites (tertiary alicyclic amines) is 1. The first-order valence-electron chi connectivity index (χ1n) is 11.2. The third-order valence-electron chi connectivity index (χ3n) is 6.03. The van der Waals surface area contributed by atoms with Crippen LogP contribution in [0.5, 0.6) is 0 Å². The van der Waals surface area contributed by atoms with E-state index in [1.165, 1.54) is 18.2 Å². The zero-order valence-corrected chi connectivity index (χ0v) is 19.5. The SMILES string of the molecule is COC(=O)CN1CCC(N(C(=O)OC(C)(C)C)[C@H]2CC2C(C)=Cc2ccccc2)CC1. The monoisotopic (exact) mass is 428 g/mol. The summed E-state index contributed by atoms with van der Waals surface area (Å²) in [5, 5.41) is 0. The molecule has 2 aliphatic rings. The predicted octanol–water partition coefficient (Wildman–Crippen LogP) is 4.35. The maximum atomic E-state index is 13.2. The molecule has 1 aromatic rings. The molecule has 31 heavy (non-hydrogen) atoms. The van der Waals surface area contributed by atoms with Crippen molar-refractivity contribution in [3.63, 3.8) is 0 Å². The first kappa shape index (κ1) is 23.3. The van der Waals surface area contributed by atoms with Crippen LogP contribution < -0.4 is 0 Å². The molecular formula is C25H36N2O4. The number of carbonyl (C=O) groups excluding carboxylic acids is 2. The Kier molecular flexibility index (Phi) is 7.42. The highest BCUT2D eigenvalue weighted by atomic mass is 16.6. The average molecular weight is 429 g/mol. The van der Waals surface area contributed by atoms with Gasteiger partial charge in [-0.15, -0.1) is 0 Å². The number of piperidine rings is 1. The Bertz CT molecular complexity index is 791. The molecule has 2 fully saturated rings. The minimum Gasteiger partial charge on any atom is -0.468 e. The molecular weight excluding hydrogens is 392 g/mol. The Morgan fingerprint density at radius 1 is 1.16 bits per heavy atom. The maximum absolute atomic E-state index is 13.2. The lowest BCUT2D eigenvalue weighted by molar-refractivity contribution is -0.142. The minimum absolute atomic E-state index is 0.128. The number of esters is 1. The lowest BCUT2D eigenvalue weighted by Gasteiger charge is -2.39. The van der Waals surface area contributed by atoms with Gasteiger partial charge >= 0.3 is 12.1 Å². The standard InChI is InChI=1S/C25H36N2O4/c1-18(15-19-9-7-6-8-10-19)21-16-22(21)27(24(29)31-25(2,3)4)20-11-13-26(14-12-20)17-23(28)30-5/h6-10,15,20-22H,11-14,16-17H2,1-5H3/t21?,22-/m0/s1. The molecule has 170 valence electrons. The van der Waals surface area contributed by atoms with E-state index in [9.17, 15) is 9.59 Å². The molecule has 1 aliphatic carbocycles. The van der Waals surface area contributed by atoms with Crippen molar-refractivity contribution < 1.29 is 19.1 Å². The number of ether oxygens (including phenoxy) is 2. The molecule has 0 radical (unpaired) electrons. The molecule has 0 spiro atoms. The molecule has 1 unspecified atom stereocenters. The van der Waals surface area contributed by atoms with Gasteiger partial charge in [-0.3, -0.25) is 9.69 Å². The first-order valence-corrected chi connectivity index (χ1v) is 11.2. The van der Waals surface area contributed by atoms with E-state index in [-0.39, 0.29) is 24.1 Å². The highest BCUT2D eigenvalue weighted by Gasteiger charge is 2.48. The quantitative estimate of drug-likeness (QED) is 0.631. The largest absolute Gasteiger partial charge is 0.468 e.